The van der Waals surface area contributed by atoms with Crippen molar-refractivity contribution < 1.29 is 9.59 Å². The summed E-state index contributed by atoms with van der Waals surface area (Å²) in [6.07, 6.45) is 5.62. The fourth-order valence-corrected chi connectivity index (χ4v) is 3.24. The third-order valence-electron chi connectivity index (χ3n) is 4.94. The van der Waals surface area contributed by atoms with Crippen molar-refractivity contribution in [3.63, 3.8) is 0 Å². The molecule has 3 aromatic rings. The van der Waals surface area contributed by atoms with Gasteiger partial charge in [-0.25, -0.2) is 4.98 Å². The minimum Gasteiger partial charge on any atom is -0.325 e. The first-order valence-corrected chi connectivity index (χ1v) is 9.62. The SMILES string of the molecule is C[C@@H](C#N)CC(=O)Nc1cccc2c1ccn2-c1ccnc(NC(=O)C2CC2)c1. The van der Waals surface area contributed by atoms with Crippen LogP contribution in [0.2, 0.25) is 0 Å². The van der Waals surface area contributed by atoms with Crippen molar-refractivity contribution in [3.05, 3.63) is 48.8 Å². The third-order valence-corrected chi connectivity index (χ3v) is 4.94. The highest BCUT2D eigenvalue weighted by molar-refractivity contribution is 6.02. The molecule has 7 nitrogen and oxygen atoms in total. The number of nitrogens with zero attached hydrogens (tertiary/aromatic N) is 3. The summed E-state index contributed by atoms with van der Waals surface area (Å²) in [6, 6.07) is 13.4. The minimum atomic E-state index is -0.333. The van der Waals surface area contributed by atoms with E-state index in [1.54, 1.807) is 13.1 Å². The molecule has 0 unspecified atom stereocenters. The Morgan fingerprint density at radius 2 is 2.10 bits per heavy atom. The number of carbonyl (C=O) groups excluding carboxylic acids is 2. The maximum absolute atomic E-state index is 12.2. The van der Waals surface area contributed by atoms with Crippen LogP contribution in [-0.2, 0) is 9.59 Å². The maximum Gasteiger partial charge on any atom is 0.228 e. The molecular weight excluding hydrogens is 366 g/mol. The zero-order chi connectivity index (χ0) is 20.4. The molecule has 0 saturated heterocycles. The summed E-state index contributed by atoms with van der Waals surface area (Å²) < 4.78 is 1.98. The van der Waals surface area contributed by atoms with Gasteiger partial charge in [0.15, 0.2) is 0 Å². The summed E-state index contributed by atoms with van der Waals surface area (Å²) >= 11 is 0. The minimum absolute atomic E-state index is 0.0172. The van der Waals surface area contributed by atoms with E-state index >= 15 is 0 Å². The number of amides is 2. The quantitative estimate of drug-likeness (QED) is 0.671. The van der Waals surface area contributed by atoms with Crippen LogP contribution in [0.4, 0.5) is 11.5 Å². The Kier molecular flexibility index (Phi) is 5.00. The molecule has 29 heavy (non-hydrogen) atoms. The lowest BCUT2D eigenvalue weighted by Gasteiger charge is -2.10. The molecule has 1 fully saturated rings. The van der Waals surface area contributed by atoms with Crippen molar-refractivity contribution in [2.24, 2.45) is 11.8 Å². The predicted octanol–water partition coefficient (Wildman–Crippen LogP) is 3.86. The van der Waals surface area contributed by atoms with Crippen molar-refractivity contribution in [2.45, 2.75) is 26.2 Å². The molecule has 2 aromatic heterocycles. The van der Waals surface area contributed by atoms with Crippen LogP contribution in [0.25, 0.3) is 16.6 Å². The second-order valence-corrected chi connectivity index (χ2v) is 7.37. The third kappa shape index (κ3) is 4.11. The molecule has 0 spiro atoms. The Morgan fingerprint density at radius 1 is 1.28 bits per heavy atom. The number of nitrogens with one attached hydrogen (secondary N) is 2. The van der Waals surface area contributed by atoms with Crippen molar-refractivity contribution in [1.82, 2.24) is 9.55 Å². The number of nitriles is 1. The van der Waals surface area contributed by atoms with Crippen LogP contribution >= 0.6 is 0 Å². The highest BCUT2D eigenvalue weighted by Gasteiger charge is 2.29. The molecule has 0 radical (unpaired) electrons. The van der Waals surface area contributed by atoms with Crippen LogP contribution in [0, 0.1) is 23.2 Å². The topological polar surface area (TPSA) is 99.8 Å². The Bertz CT molecular complexity index is 1120. The van der Waals surface area contributed by atoms with Crippen LogP contribution in [-0.4, -0.2) is 21.4 Å². The summed E-state index contributed by atoms with van der Waals surface area (Å²) in [5.74, 6) is 0.135. The van der Waals surface area contributed by atoms with Gasteiger partial charge >= 0.3 is 0 Å². The van der Waals surface area contributed by atoms with Gasteiger partial charge in [0.2, 0.25) is 11.8 Å². The normalized spacial score (nSPS) is 14.2. The van der Waals surface area contributed by atoms with Crippen LogP contribution in [0.15, 0.2) is 48.8 Å². The van der Waals surface area contributed by atoms with E-state index in [4.69, 9.17) is 5.26 Å². The smallest absolute Gasteiger partial charge is 0.228 e. The summed E-state index contributed by atoms with van der Waals surface area (Å²) in [6.45, 7) is 1.72. The van der Waals surface area contributed by atoms with Gasteiger partial charge in [0.25, 0.3) is 0 Å². The summed E-state index contributed by atoms with van der Waals surface area (Å²) in [7, 11) is 0. The van der Waals surface area contributed by atoms with E-state index < -0.39 is 0 Å². The fourth-order valence-electron chi connectivity index (χ4n) is 3.24. The molecule has 1 aromatic carbocycles. The number of anilines is 2. The van der Waals surface area contributed by atoms with Crippen LogP contribution < -0.4 is 10.6 Å². The Labute approximate surface area is 168 Å². The van der Waals surface area contributed by atoms with Crippen molar-refractivity contribution >= 4 is 34.2 Å². The molecule has 1 aliphatic rings. The summed E-state index contributed by atoms with van der Waals surface area (Å²) in [5, 5.41) is 15.6. The molecule has 0 aliphatic heterocycles. The van der Waals surface area contributed by atoms with E-state index in [-0.39, 0.29) is 30.1 Å². The van der Waals surface area contributed by atoms with Gasteiger partial charge in [0, 0.05) is 36.2 Å². The zero-order valence-electron chi connectivity index (χ0n) is 16.1. The van der Waals surface area contributed by atoms with Crippen LogP contribution in [0.3, 0.4) is 0 Å². The molecule has 2 N–H and O–H groups in total. The first-order valence-electron chi connectivity index (χ1n) is 9.62. The van der Waals surface area contributed by atoms with E-state index in [1.807, 2.05) is 47.2 Å². The standard InChI is InChI=1S/C22H21N5O2/c1-14(13-23)11-21(28)25-18-3-2-4-19-17(18)8-10-27(19)16-7-9-24-20(12-16)26-22(29)15-5-6-15/h2-4,7-10,12,14-15H,5-6,11H2,1H3,(H,25,28)(H,24,26,29)/t14-/m1/s1. The first-order chi connectivity index (χ1) is 14.0. The number of hydrogen-bond acceptors (Lipinski definition) is 4. The number of aromatic nitrogens is 2. The molecule has 4 rings (SSSR count). The maximum atomic E-state index is 12.2. The highest BCUT2D eigenvalue weighted by atomic mass is 16.2. The Hall–Kier alpha value is -3.66. The molecule has 2 heterocycles. The van der Waals surface area contributed by atoms with E-state index in [9.17, 15) is 9.59 Å². The number of fused-ring (bicyclic) bond motifs is 1. The molecule has 0 bridgehead atoms. The van der Waals surface area contributed by atoms with Crippen molar-refractivity contribution in [2.75, 3.05) is 10.6 Å². The second-order valence-electron chi connectivity index (χ2n) is 7.37. The lowest BCUT2D eigenvalue weighted by atomic mass is 10.1. The molecule has 146 valence electrons. The van der Waals surface area contributed by atoms with Crippen LogP contribution in [0.1, 0.15) is 26.2 Å². The van der Waals surface area contributed by atoms with E-state index in [0.29, 0.717) is 11.5 Å². The number of pyridine rings is 1. The zero-order valence-corrected chi connectivity index (χ0v) is 16.1. The van der Waals surface area contributed by atoms with Gasteiger partial charge < -0.3 is 15.2 Å². The molecule has 7 heteroatoms. The summed E-state index contributed by atoms with van der Waals surface area (Å²) in [4.78, 5) is 28.4. The van der Waals surface area contributed by atoms with Crippen molar-refractivity contribution in [3.8, 4) is 11.8 Å². The van der Waals surface area contributed by atoms with Gasteiger partial charge in [-0.2, -0.15) is 5.26 Å². The second kappa shape index (κ2) is 7.76. The molecule has 2 amide bonds. The van der Waals surface area contributed by atoms with Gasteiger partial charge in [-0.15, -0.1) is 0 Å². The average molecular weight is 387 g/mol. The van der Waals surface area contributed by atoms with E-state index in [1.165, 1.54) is 0 Å². The summed E-state index contributed by atoms with van der Waals surface area (Å²) in [5.41, 5.74) is 2.48. The Balaban J connectivity index is 1.60. The number of benzene rings is 1. The van der Waals surface area contributed by atoms with Crippen LogP contribution in [0.5, 0.6) is 0 Å². The van der Waals surface area contributed by atoms with Gasteiger partial charge in [0.05, 0.1) is 28.9 Å². The van der Waals surface area contributed by atoms with E-state index in [2.05, 4.69) is 21.7 Å². The molecular formula is C22H21N5O2. The van der Waals surface area contributed by atoms with Gasteiger partial charge in [-0.1, -0.05) is 6.07 Å². The lowest BCUT2D eigenvalue weighted by Crippen LogP contribution is -2.14. The number of rotatable bonds is 6. The monoisotopic (exact) mass is 387 g/mol. The first kappa shape index (κ1) is 18.7. The molecule has 1 saturated carbocycles. The highest BCUT2D eigenvalue weighted by Crippen LogP contribution is 2.31. The van der Waals surface area contributed by atoms with Gasteiger partial charge in [-0.05, 0) is 44.0 Å². The Morgan fingerprint density at radius 3 is 2.86 bits per heavy atom. The number of carbonyl (C=O) groups is 2. The largest absolute Gasteiger partial charge is 0.325 e. The van der Waals surface area contributed by atoms with Gasteiger partial charge in [-0.3, -0.25) is 9.59 Å². The molecule has 1 atom stereocenters. The van der Waals surface area contributed by atoms with Gasteiger partial charge in [0.1, 0.15) is 5.82 Å². The predicted molar refractivity (Wildman–Crippen MR) is 110 cm³/mol. The van der Waals surface area contributed by atoms with Crippen molar-refractivity contribution in [1.29, 1.82) is 5.26 Å². The fraction of sp³-hybridized carbons (Fsp3) is 0.273. The lowest BCUT2D eigenvalue weighted by molar-refractivity contribution is -0.117. The average Bonchev–Trinajstić information content (AvgIpc) is 3.47. The number of hydrogen-bond donors (Lipinski definition) is 2. The van der Waals surface area contributed by atoms with E-state index in [0.717, 1.165) is 29.4 Å². The molecule has 1 aliphatic carbocycles.